The maximum Gasteiger partial charge on any atom is 0.257 e. The lowest BCUT2D eigenvalue weighted by atomic mass is 10.1. The third-order valence-electron chi connectivity index (χ3n) is 2.66. The summed E-state index contributed by atoms with van der Waals surface area (Å²) < 4.78 is 0. The Balaban J connectivity index is 2.15. The fourth-order valence-corrected chi connectivity index (χ4v) is 2.42. The number of rotatable bonds is 5. The number of nitrogens with zero attached hydrogens (tertiary/aromatic N) is 3. The van der Waals surface area contributed by atoms with Gasteiger partial charge in [-0.15, -0.1) is 10.2 Å². The van der Waals surface area contributed by atoms with Crippen LogP contribution in [0.4, 0.5) is 10.9 Å². The lowest BCUT2D eigenvalue weighted by Crippen LogP contribution is -2.13. The van der Waals surface area contributed by atoms with E-state index in [2.05, 4.69) is 27.4 Å². The topological polar surface area (TPSA) is 93.8 Å². The Labute approximate surface area is 121 Å². The van der Waals surface area contributed by atoms with Crippen LogP contribution in [0.5, 0.6) is 0 Å². The van der Waals surface area contributed by atoms with Crippen LogP contribution in [0.1, 0.15) is 41.3 Å². The zero-order valence-corrected chi connectivity index (χ0v) is 12.3. The van der Waals surface area contributed by atoms with Crippen LogP contribution in [0.25, 0.3) is 0 Å². The molecular formula is C13H17N5OS. The molecule has 0 aromatic carbocycles. The molecule has 2 heterocycles. The van der Waals surface area contributed by atoms with Crippen molar-refractivity contribution < 1.29 is 4.79 Å². The number of carbonyl (C=O) groups is 1. The molecule has 0 unspecified atom stereocenters. The van der Waals surface area contributed by atoms with Crippen molar-refractivity contribution in [1.29, 1.82) is 0 Å². The number of pyridine rings is 1. The maximum atomic E-state index is 12.2. The monoisotopic (exact) mass is 291 g/mol. The molecule has 3 N–H and O–H groups in total. The molecule has 20 heavy (non-hydrogen) atoms. The largest absolute Gasteiger partial charge is 0.384 e. The number of nitrogen functional groups attached to an aromatic ring is 1. The Morgan fingerprint density at radius 3 is 2.80 bits per heavy atom. The number of aryl methyl sites for hydroxylation is 2. The fraction of sp³-hybridized carbons (Fsp3) is 0.385. The average molecular weight is 291 g/mol. The number of amides is 1. The molecule has 2 rings (SSSR count). The average Bonchev–Trinajstić information content (AvgIpc) is 2.86. The van der Waals surface area contributed by atoms with E-state index in [0.717, 1.165) is 30.0 Å². The number of hydrogen-bond acceptors (Lipinski definition) is 6. The summed E-state index contributed by atoms with van der Waals surface area (Å²) in [5, 5.41) is 12.0. The highest BCUT2D eigenvalue weighted by atomic mass is 32.1. The molecule has 6 nitrogen and oxygen atoms in total. The van der Waals surface area contributed by atoms with E-state index in [9.17, 15) is 4.79 Å². The molecule has 0 radical (unpaired) electrons. The SMILES string of the molecule is CCCc1cc(C(=O)Nc2nnc(CC)s2)cc(N)n1. The molecule has 0 aliphatic rings. The third-order valence-corrected chi connectivity index (χ3v) is 3.64. The van der Waals surface area contributed by atoms with Gasteiger partial charge in [0.05, 0.1) is 0 Å². The molecule has 0 atom stereocenters. The van der Waals surface area contributed by atoms with Crippen molar-refractivity contribution in [3.05, 3.63) is 28.4 Å². The second-order valence-electron chi connectivity index (χ2n) is 4.33. The van der Waals surface area contributed by atoms with Gasteiger partial charge in [0.2, 0.25) is 5.13 Å². The Morgan fingerprint density at radius 2 is 2.15 bits per heavy atom. The fourth-order valence-electron chi connectivity index (χ4n) is 1.74. The molecule has 0 bridgehead atoms. The molecule has 0 spiro atoms. The highest BCUT2D eigenvalue weighted by Gasteiger charge is 2.11. The first-order chi connectivity index (χ1) is 9.62. The third kappa shape index (κ3) is 3.51. The van der Waals surface area contributed by atoms with E-state index in [1.165, 1.54) is 11.3 Å². The summed E-state index contributed by atoms with van der Waals surface area (Å²) in [5.74, 6) is 0.114. The normalized spacial score (nSPS) is 10.5. The summed E-state index contributed by atoms with van der Waals surface area (Å²) in [6.07, 6.45) is 2.55. The minimum absolute atomic E-state index is 0.241. The van der Waals surface area contributed by atoms with Crippen molar-refractivity contribution in [3.8, 4) is 0 Å². The standard InChI is InChI=1S/C13H17N5OS/c1-3-5-9-6-8(7-10(14)15-9)12(19)16-13-18-17-11(4-2)20-13/h6-7H,3-5H2,1-2H3,(H2,14,15)(H,16,18,19). The number of carbonyl (C=O) groups excluding carboxylic acids is 1. The Hall–Kier alpha value is -2.02. The Kier molecular flexibility index (Phi) is 4.62. The molecule has 0 aliphatic heterocycles. The van der Waals surface area contributed by atoms with Crippen molar-refractivity contribution in [2.24, 2.45) is 0 Å². The van der Waals surface area contributed by atoms with Gasteiger partial charge in [-0.05, 0) is 25.0 Å². The first-order valence-electron chi connectivity index (χ1n) is 6.52. The molecule has 7 heteroatoms. The van der Waals surface area contributed by atoms with Gasteiger partial charge in [0, 0.05) is 11.3 Å². The lowest BCUT2D eigenvalue weighted by molar-refractivity contribution is 0.102. The van der Waals surface area contributed by atoms with Gasteiger partial charge in [0.1, 0.15) is 10.8 Å². The van der Waals surface area contributed by atoms with Crippen molar-refractivity contribution in [1.82, 2.24) is 15.2 Å². The van der Waals surface area contributed by atoms with Crippen molar-refractivity contribution in [2.75, 3.05) is 11.1 Å². The second kappa shape index (κ2) is 6.42. The number of nitrogens with two attached hydrogens (primary N) is 1. The van der Waals surface area contributed by atoms with Gasteiger partial charge in [-0.1, -0.05) is 31.6 Å². The molecule has 2 aromatic rings. The number of anilines is 2. The Bertz CT molecular complexity index is 611. The summed E-state index contributed by atoms with van der Waals surface area (Å²) >= 11 is 1.37. The van der Waals surface area contributed by atoms with Crippen LogP contribution in [0, 0.1) is 0 Å². The molecule has 0 fully saturated rings. The molecule has 1 amide bonds. The van der Waals surface area contributed by atoms with Crippen LogP contribution < -0.4 is 11.1 Å². The van der Waals surface area contributed by atoms with E-state index in [4.69, 9.17) is 5.73 Å². The summed E-state index contributed by atoms with van der Waals surface area (Å²) in [6.45, 7) is 4.05. The van der Waals surface area contributed by atoms with Crippen LogP contribution in [0.15, 0.2) is 12.1 Å². The van der Waals surface area contributed by atoms with E-state index in [1.54, 1.807) is 12.1 Å². The zero-order valence-electron chi connectivity index (χ0n) is 11.5. The maximum absolute atomic E-state index is 12.2. The van der Waals surface area contributed by atoms with E-state index >= 15 is 0 Å². The number of aromatic nitrogens is 3. The van der Waals surface area contributed by atoms with Gasteiger partial charge < -0.3 is 5.73 Å². The van der Waals surface area contributed by atoms with Crippen LogP contribution in [-0.2, 0) is 12.8 Å². The van der Waals surface area contributed by atoms with Crippen molar-refractivity contribution >= 4 is 28.2 Å². The van der Waals surface area contributed by atoms with Crippen LogP contribution in [-0.4, -0.2) is 21.1 Å². The predicted molar refractivity (Wildman–Crippen MR) is 79.9 cm³/mol. The van der Waals surface area contributed by atoms with Crippen LogP contribution in [0.2, 0.25) is 0 Å². The summed E-state index contributed by atoms with van der Waals surface area (Å²) in [5.41, 5.74) is 7.05. The summed E-state index contributed by atoms with van der Waals surface area (Å²) in [7, 11) is 0. The van der Waals surface area contributed by atoms with Gasteiger partial charge in [0.15, 0.2) is 0 Å². The van der Waals surface area contributed by atoms with E-state index in [1.807, 2.05) is 6.92 Å². The summed E-state index contributed by atoms with van der Waals surface area (Å²) in [4.78, 5) is 16.4. The highest BCUT2D eigenvalue weighted by molar-refractivity contribution is 7.15. The van der Waals surface area contributed by atoms with E-state index < -0.39 is 0 Å². The van der Waals surface area contributed by atoms with Gasteiger partial charge in [-0.3, -0.25) is 10.1 Å². The van der Waals surface area contributed by atoms with Gasteiger partial charge in [-0.2, -0.15) is 0 Å². The molecule has 0 saturated carbocycles. The van der Waals surface area contributed by atoms with Crippen LogP contribution in [0.3, 0.4) is 0 Å². The van der Waals surface area contributed by atoms with Crippen molar-refractivity contribution in [3.63, 3.8) is 0 Å². The smallest absolute Gasteiger partial charge is 0.257 e. The lowest BCUT2D eigenvalue weighted by Gasteiger charge is -2.05. The van der Waals surface area contributed by atoms with Gasteiger partial charge in [0.25, 0.3) is 5.91 Å². The first-order valence-corrected chi connectivity index (χ1v) is 7.34. The summed E-state index contributed by atoms with van der Waals surface area (Å²) in [6, 6.07) is 3.33. The highest BCUT2D eigenvalue weighted by Crippen LogP contribution is 2.17. The second-order valence-corrected chi connectivity index (χ2v) is 5.39. The number of hydrogen-bond donors (Lipinski definition) is 2. The minimum Gasteiger partial charge on any atom is -0.384 e. The molecular weight excluding hydrogens is 274 g/mol. The molecule has 106 valence electrons. The van der Waals surface area contributed by atoms with E-state index in [0.29, 0.717) is 16.5 Å². The van der Waals surface area contributed by atoms with E-state index in [-0.39, 0.29) is 5.91 Å². The van der Waals surface area contributed by atoms with Gasteiger partial charge >= 0.3 is 0 Å². The Morgan fingerprint density at radius 1 is 1.35 bits per heavy atom. The predicted octanol–water partition coefficient (Wildman–Crippen LogP) is 2.28. The van der Waals surface area contributed by atoms with Crippen molar-refractivity contribution in [2.45, 2.75) is 33.1 Å². The first kappa shape index (κ1) is 14.4. The number of nitrogens with one attached hydrogen (secondary N) is 1. The molecule has 2 aromatic heterocycles. The van der Waals surface area contributed by atoms with Crippen LogP contribution >= 0.6 is 11.3 Å². The minimum atomic E-state index is -0.241. The molecule has 0 saturated heterocycles. The molecule has 0 aliphatic carbocycles. The quantitative estimate of drug-likeness (QED) is 0.881. The van der Waals surface area contributed by atoms with Gasteiger partial charge in [-0.25, -0.2) is 4.98 Å². The zero-order chi connectivity index (χ0) is 14.5.